The Labute approximate surface area is 177 Å². The Morgan fingerprint density at radius 3 is 1.43 bits per heavy atom. The lowest BCUT2D eigenvalue weighted by Crippen LogP contribution is -2.26. The van der Waals surface area contributed by atoms with Gasteiger partial charge in [-0.15, -0.1) is 0 Å². The Morgan fingerprint density at radius 1 is 0.633 bits per heavy atom. The van der Waals surface area contributed by atoms with Gasteiger partial charge in [0.15, 0.2) is 0 Å². The topological polar surface area (TPSA) is 59.1 Å². The normalized spacial score (nSPS) is 21.1. The molecule has 0 aliphatic carbocycles. The summed E-state index contributed by atoms with van der Waals surface area (Å²) in [6, 6.07) is 19.7. The van der Waals surface area contributed by atoms with E-state index in [-0.39, 0.29) is 24.4 Å². The van der Waals surface area contributed by atoms with E-state index in [0.717, 1.165) is 36.8 Å². The van der Waals surface area contributed by atoms with Crippen molar-refractivity contribution in [2.45, 2.75) is 37.9 Å². The van der Waals surface area contributed by atoms with E-state index in [1.54, 1.807) is 9.80 Å². The van der Waals surface area contributed by atoms with Gasteiger partial charge in [-0.1, -0.05) is 73.5 Å². The highest BCUT2D eigenvalue weighted by Gasteiger charge is 2.32. The van der Waals surface area contributed by atoms with Crippen LogP contribution in [0.1, 0.15) is 49.0 Å². The minimum Gasteiger partial charge on any atom is -0.439 e. The number of carbonyl (C=O) groups is 2. The zero-order valence-electron chi connectivity index (χ0n) is 17.1. The fourth-order valence-corrected chi connectivity index (χ4v) is 4.02. The maximum absolute atomic E-state index is 12.1. The molecule has 0 bridgehead atoms. The first-order chi connectivity index (χ1) is 14.7. The average Bonchev–Trinajstić information content (AvgIpc) is 3.34. The van der Waals surface area contributed by atoms with Crippen molar-refractivity contribution in [1.82, 2.24) is 9.80 Å². The van der Waals surface area contributed by atoms with Crippen LogP contribution in [0.4, 0.5) is 9.59 Å². The van der Waals surface area contributed by atoms with Gasteiger partial charge in [-0.2, -0.15) is 0 Å². The van der Waals surface area contributed by atoms with E-state index in [2.05, 4.69) is 0 Å². The molecule has 2 aliphatic heterocycles. The smallest absolute Gasteiger partial charge is 0.410 e. The third kappa shape index (κ3) is 4.93. The van der Waals surface area contributed by atoms with Crippen molar-refractivity contribution in [1.29, 1.82) is 0 Å². The van der Waals surface area contributed by atoms with Crippen LogP contribution in [-0.2, 0) is 9.47 Å². The quantitative estimate of drug-likeness (QED) is 0.552. The molecule has 0 spiro atoms. The lowest BCUT2D eigenvalue weighted by atomic mass is 10.1. The number of rotatable bonds is 9. The second-order valence-electron chi connectivity index (χ2n) is 7.87. The van der Waals surface area contributed by atoms with Gasteiger partial charge in [-0.3, -0.25) is 0 Å². The third-order valence-corrected chi connectivity index (χ3v) is 5.72. The molecule has 6 heteroatoms. The van der Waals surface area contributed by atoms with E-state index >= 15 is 0 Å². The van der Waals surface area contributed by atoms with Gasteiger partial charge in [-0.25, -0.2) is 9.59 Å². The molecule has 2 atom stereocenters. The average molecular weight is 408 g/mol. The van der Waals surface area contributed by atoms with Crippen molar-refractivity contribution in [3.05, 3.63) is 71.8 Å². The highest BCUT2D eigenvalue weighted by molar-refractivity contribution is 5.70. The van der Waals surface area contributed by atoms with Crippen LogP contribution in [0.15, 0.2) is 60.7 Å². The summed E-state index contributed by atoms with van der Waals surface area (Å²) in [4.78, 5) is 27.7. The van der Waals surface area contributed by atoms with E-state index in [4.69, 9.17) is 9.47 Å². The van der Waals surface area contributed by atoms with Crippen LogP contribution in [0.3, 0.4) is 0 Å². The zero-order chi connectivity index (χ0) is 20.8. The highest BCUT2D eigenvalue weighted by Crippen LogP contribution is 2.27. The molecule has 4 rings (SSSR count). The number of ether oxygens (including phenoxy) is 2. The number of carbonyl (C=O) groups excluding carboxylic acids is 2. The first kappa shape index (κ1) is 20.3. The van der Waals surface area contributed by atoms with Gasteiger partial charge in [0, 0.05) is 13.1 Å². The Hall–Kier alpha value is -3.02. The number of amides is 2. The monoisotopic (exact) mass is 408 g/mol. The predicted octanol–water partition coefficient (Wildman–Crippen LogP) is 4.93. The van der Waals surface area contributed by atoms with Crippen molar-refractivity contribution >= 4 is 12.2 Å². The first-order valence-electron chi connectivity index (χ1n) is 10.7. The van der Waals surface area contributed by atoms with Gasteiger partial charge in [0.1, 0.15) is 12.2 Å². The molecule has 2 heterocycles. The summed E-state index contributed by atoms with van der Waals surface area (Å²) in [5.74, 6) is 0. The first-order valence-corrected chi connectivity index (χ1v) is 10.7. The minimum absolute atomic E-state index is 0.169. The maximum atomic E-state index is 12.1. The molecule has 0 N–H and O–H groups in total. The SMILES string of the molecule is O=C1OC(c2ccccc2)CN1CCCCCCN1CC(c2ccccc2)OC1=O. The standard InChI is InChI=1S/C24H28N2O4/c27-23-25(17-21(29-23)19-11-5-3-6-12-19)15-9-1-2-10-16-26-18-22(30-24(26)28)20-13-7-4-8-14-20/h3-8,11-14,21-22H,1-2,9-10,15-18H2. The number of benzene rings is 2. The van der Waals surface area contributed by atoms with E-state index in [0.29, 0.717) is 26.2 Å². The molecule has 0 saturated carbocycles. The number of hydrogen-bond donors (Lipinski definition) is 0. The largest absolute Gasteiger partial charge is 0.439 e. The lowest BCUT2D eigenvalue weighted by Gasteiger charge is -2.14. The maximum Gasteiger partial charge on any atom is 0.410 e. The van der Waals surface area contributed by atoms with Gasteiger partial charge >= 0.3 is 12.2 Å². The van der Waals surface area contributed by atoms with Crippen LogP contribution >= 0.6 is 0 Å². The van der Waals surface area contributed by atoms with E-state index < -0.39 is 0 Å². The molecule has 158 valence electrons. The van der Waals surface area contributed by atoms with E-state index in [9.17, 15) is 9.59 Å². The fraction of sp³-hybridized carbons (Fsp3) is 0.417. The molecule has 0 aromatic heterocycles. The Balaban J connectivity index is 1.12. The van der Waals surface area contributed by atoms with Crippen LogP contribution in [0, 0.1) is 0 Å². The summed E-state index contributed by atoms with van der Waals surface area (Å²) in [5.41, 5.74) is 2.08. The summed E-state index contributed by atoms with van der Waals surface area (Å²) < 4.78 is 11.0. The second kappa shape index (κ2) is 9.65. The molecular formula is C24H28N2O4. The summed E-state index contributed by atoms with van der Waals surface area (Å²) in [6.07, 6.45) is 3.12. The molecule has 2 saturated heterocycles. The van der Waals surface area contributed by atoms with Gasteiger partial charge in [0.2, 0.25) is 0 Å². The summed E-state index contributed by atoms with van der Waals surface area (Å²) >= 11 is 0. The molecule has 2 aliphatic rings. The lowest BCUT2D eigenvalue weighted by molar-refractivity contribution is 0.131. The van der Waals surface area contributed by atoms with Gasteiger partial charge < -0.3 is 19.3 Å². The van der Waals surface area contributed by atoms with Crippen molar-refractivity contribution < 1.29 is 19.1 Å². The van der Waals surface area contributed by atoms with Crippen molar-refractivity contribution in [3.63, 3.8) is 0 Å². The van der Waals surface area contributed by atoms with Gasteiger partial charge in [0.25, 0.3) is 0 Å². The van der Waals surface area contributed by atoms with Crippen molar-refractivity contribution in [2.75, 3.05) is 26.2 Å². The van der Waals surface area contributed by atoms with Crippen LogP contribution in [0.25, 0.3) is 0 Å². The predicted molar refractivity (Wildman–Crippen MR) is 113 cm³/mol. The minimum atomic E-state index is -0.226. The van der Waals surface area contributed by atoms with Crippen LogP contribution < -0.4 is 0 Å². The summed E-state index contributed by atoms with van der Waals surface area (Å²) in [5, 5.41) is 0. The molecule has 6 nitrogen and oxygen atoms in total. The number of cyclic esters (lactones) is 2. The van der Waals surface area contributed by atoms with Crippen LogP contribution in [0.2, 0.25) is 0 Å². The number of hydrogen-bond acceptors (Lipinski definition) is 4. The van der Waals surface area contributed by atoms with Crippen molar-refractivity contribution in [3.8, 4) is 0 Å². The van der Waals surface area contributed by atoms with E-state index in [1.165, 1.54) is 0 Å². The molecule has 0 radical (unpaired) electrons. The Morgan fingerprint density at radius 2 is 1.03 bits per heavy atom. The van der Waals surface area contributed by atoms with Crippen LogP contribution in [-0.4, -0.2) is 48.2 Å². The molecule has 2 aromatic carbocycles. The van der Waals surface area contributed by atoms with Gasteiger partial charge in [-0.05, 0) is 24.0 Å². The number of nitrogens with zero attached hydrogens (tertiary/aromatic N) is 2. The Kier molecular flexibility index (Phi) is 6.52. The molecule has 2 aromatic rings. The number of unbranched alkanes of at least 4 members (excludes halogenated alkanes) is 3. The zero-order valence-corrected chi connectivity index (χ0v) is 17.1. The summed E-state index contributed by atoms with van der Waals surface area (Å²) in [7, 11) is 0. The van der Waals surface area contributed by atoms with Crippen LogP contribution in [0.5, 0.6) is 0 Å². The Bertz CT molecular complexity index is 771. The molecule has 30 heavy (non-hydrogen) atoms. The third-order valence-electron chi connectivity index (χ3n) is 5.72. The highest BCUT2D eigenvalue weighted by atomic mass is 16.6. The fourth-order valence-electron chi connectivity index (χ4n) is 4.02. The van der Waals surface area contributed by atoms with Gasteiger partial charge in [0.05, 0.1) is 13.1 Å². The van der Waals surface area contributed by atoms with Crippen molar-refractivity contribution in [2.24, 2.45) is 0 Å². The summed E-state index contributed by atoms with van der Waals surface area (Å²) in [6.45, 7) is 2.65. The molecule has 2 fully saturated rings. The van der Waals surface area contributed by atoms with E-state index in [1.807, 2.05) is 60.7 Å². The molecule has 2 unspecified atom stereocenters. The molecule has 2 amide bonds. The second-order valence-corrected chi connectivity index (χ2v) is 7.87. The molecular weight excluding hydrogens is 380 g/mol.